The fraction of sp³-hybridized carbons (Fsp3) is 0.667. The van der Waals surface area contributed by atoms with E-state index in [0.29, 0.717) is 19.0 Å². The van der Waals surface area contributed by atoms with Crippen LogP contribution >= 0.6 is 0 Å². The topological polar surface area (TPSA) is 68.2 Å². The number of hydrogen-bond acceptors (Lipinski definition) is 4. The summed E-state index contributed by atoms with van der Waals surface area (Å²) in [6.07, 6.45) is 4.76. The molecule has 0 fully saturated rings. The second kappa shape index (κ2) is 6.75. The maximum absolute atomic E-state index is 12.1. The van der Waals surface area contributed by atoms with Crippen LogP contribution in [0.15, 0.2) is 16.9 Å². The Kier molecular flexibility index (Phi) is 5.22. The van der Waals surface area contributed by atoms with Gasteiger partial charge in [-0.2, -0.15) is 0 Å². The summed E-state index contributed by atoms with van der Waals surface area (Å²) in [5.41, 5.74) is 2.25. The van der Waals surface area contributed by atoms with Crippen molar-refractivity contribution in [1.29, 1.82) is 0 Å². The first-order chi connectivity index (χ1) is 9.92. The van der Waals surface area contributed by atoms with Crippen molar-refractivity contribution in [2.75, 3.05) is 18.6 Å². The normalized spacial score (nSPS) is 18.5. The maximum Gasteiger partial charge on any atom is 0.250 e. The Hall–Kier alpha value is -1.14. The first-order valence-corrected chi connectivity index (χ1v) is 9.62. The van der Waals surface area contributed by atoms with E-state index in [1.807, 2.05) is 6.07 Å². The maximum atomic E-state index is 12.1. The predicted molar refractivity (Wildman–Crippen MR) is 84.4 cm³/mol. The van der Waals surface area contributed by atoms with Gasteiger partial charge in [0, 0.05) is 30.6 Å². The molecule has 1 aromatic heterocycles. The van der Waals surface area contributed by atoms with Crippen LogP contribution in [0.25, 0.3) is 0 Å². The van der Waals surface area contributed by atoms with Gasteiger partial charge in [0.2, 0.25) is 0 Å². The van der Waals surface area contributed by atoms with Crippen molar-refractivity contribution in [2.24, 2.45) is 0 Å². The molecule has 21 heavy (non-hydrogen) atoms. The van der Waals surface area contributed by atoms with Gasteiger partial charge in [-0.15, -0.1) is 0 Å². The Bertz CT molecular complexity index is 649. The van der Waals surface area contributed by atoms with E-state index >= 15 is 0 Å². The van der Waals surface area contributed by atoms with Crippen LogP contribution < -0.4 is 10.9 Å². The highest BCUT2D eigenvalue weighted by Gasteiger charge is 2.22. The lowest BCUT2D eigenvalue weighted by molar-refractivity contribution is 0.448. The summed E-state index contributed by atoms with van der Waals surface area (Å²) in [7, 11) is -2.98. The van der Waals surface area contributed by atoms with Crippen molar-refractivity contribution >= 4 is 9.84 Å². The molecule has 6 heteroatoms. The minimum absolute atomic E-state index is 0.0283. The van der Waals surface area contributed by atoms with E-state index in [0.717, 1.165) is 31.5 Å². The van der Waals surface area contributed by atoms with Gasteiger partial charge in [0.15, 0.2) is 0 Å². The molecule has 1 N–H and O–H groups in total. The average Bonchev–Trinajstić information content (AvgIpc) is 2.40. The number of nitrogens with one attached hydrogen (secondary N) is 1. The summed E-state index contributed by atoms with van der Waals surface area (Å²) in [6, 6.07) is 3.84. The first-order valence-electron chi connectivity index (χ1n) is 7.56. The summed E-state index contributed by atoms with van der Waals surface area (Å²) >= 11 is 0. The molecule has 0 bridgehead atoms. The highest BCUT2D eigenvalue weighted by molar-refractivity contribution is 7.90. The largest absolute Gasteiger partial charge is 0.312 e. The van der Waals surface area contributed by atoms with Gasteiger partial charge in [-0.1, -0.05) is 13.0 Å². The monoisotopic (exact) mass is 312 g/mol. The molecular weight excluding hydrogens is 288 g/mol. The Morgan fingerprint density at radius 2 is 2.14 bits per heavy atom. The van der Waals surface area contributed by atoms with Crippen LogP contribution in [-0.2, 0) is 22.8 Å². The van der Waals surface area contributed by atoms with Crippen LogP contribution in [0, 0.1) is 0 Å². The molecule has 1 aliphatic carbocycles. The molecule has 0 aliphatic heterocycles. The molecule has 0 radical (unpaired) electrons. The van der Waals surface area contributed by atoms with Crippen LogP contribution in [0.2, 0.25) is 0 Å². The smallest absolute Gasteiger partial charge is 0.250 e. The van der Waals surface area contributed by atoms with E-state index in [2.05, 4.69) is 12.2 Å². The molecule has 1 unspecified atom stereocenters. The minimum atomic E-state index is -2.98. The lowest BCUT2D eigenvalue weighted by atomic mass is 9.91. The van der Waals surface area contributed by atoms with Crippen LogP contribution in [-0.4, -0.2) is 31.5 Å². The fourth-order valence-electron chi connectivity index (χ4n) is 3.05. The van der Waals surface area contributed by atoms with Gasteiger partial charge in [0.1, 0.15) is 9.84 Å². The molecule has 0 saturated carbocycles. The second-order valence-corrected chi connectivity index (χ2v) is 7.97. The zero-order chi connectivity index (χ0) is 15.5. The van der Waals surface area contributed by atoms with Gasteiger partial charge < -0.3 is 9.88 Å². The van der Waals surface area contributed by atoms with Gasteiger partial charge in [-0.3, -0.25) is 4.79 Å². The van der Waals surface area contributed by atoms with E-state index in [1.54, 1.807) is 10.6 Å². The molecule has 2 rings (SSSR count). The highest BCUT2D eigenvalue weighted by atomic mass is 32.2. The lowest BCUT2D eigenvalue weighted by Gasteiger charge is -2.28. The fourth-order valence-corrected chi connectivity index (χ4v) is 3.70. The van der Waals surface area contributed by atoms with E-state index in [4.69, 9.17) is 0 Å². The quantitative estimate of drug-likeness (QED) is 0.859. The van der Waals surface area contributed by atoms with Crippen LogP contribution in [0.3, 0.4) is 0 Å². The molecular formula is C15H24N2O3S. The number of pyridine rings is 1. The number of aromatic nitrogens is 1. The van der Waals surface area contributed by atoms with Gasteiger partial charge in [0.05, 0.1) is 5.75 Å². The molecule has 1 aromatic rings. The summed E-state index contributed by atoms with van der Waals surface area (Å²) in [6.45, 7) is 3.46. The highest BCUT2D eigenvalue weighted by Crippen LogP contribution is 2.28. The van der Waals surface area contributed by atoms with E-state index in [-0.39, 0.29) is 11.3 Å². The van der Waals surface area contributed by atoms with Crippen LogP contribution in [0.1, 0.15) is 43.5 Å². The molecule has 118 valence electrons. The van der Waals surface area contributed by atoms with E-state index in [1.165, 1.54) is 11.8 Å². The van der Waals surface area contributed by atoms with Crippen molar-refractivity contribution in [3.63, 3.8) is 0 Å². The van der Waals surface area contributed by atoms with Gasteiger partial charge >= 0.3 is 0 Å². The third-order valence-corrected chi connectivity index (χ3v) is 4.99. The third kappa shape index (κ3) is 4.17. The number of rotatable bonds is 6. The number of nitrogens with zero attached hydrogens (tertiary/aromatic N) is 1. The molecule has 1 heterocycles. The van der Waals surface area contributed by atoms with Crippen LogP contribution in [0.4, 0.5) is 0 Å². The summed E-state index contributed by atoms with van der Waals surface area (Å²) < 4.78 is 24.2. The zero-order valence-electron chi connectivity index (χ0n) is 12.8. The van der Waals surface area contributed by atoms with Gasteiger partial charge in [-0.05, 0) is 37.8 Å². The Morgan fingerprint density at radius 3 is 2.81 bits per heavy atom. The van der Waals surface area contributed by atoms with Crippen molar-refractivity contribution in [1.82, 2.24) is 9.88 Å². The van der Waals surface area contributed by atoms with Crippen molar-refractivity contribution in [3.8, 4) is 0 Å². The molecule has 5 nitrogen and oxygen atoms in total. The average molecular weight is 312 g/mol. The standard InChI is InChI=1S/C15H24N2O3S/c1-3-16-13-6-4-7-14-12(13)8-9-15(18)17(14)10-5-11-21(2,19)20/h8-9,13,16H,3-7,10-11H2,1-2H3. The summed E-state index contributed by atoms with van der Waals surface area (Å²) in [5.74, 6) is 0.125. The Balaban J connectivity index is 2.25. The van der Waals surface area contributed by atoms with E-state index in [9.17, 15) is 13.2 Å². The number of hydrogen-bond donors (Lipinski definition) is 1. The summed E-state index contributed by atoms with van der Waals surface area (Å²) in [4.78, 5) is 12.1. The minimum Gasteiger partial charge on any atom is -0.312 e. The number of fused-ring (bicyclic) bond motifs is 1. The SMILES string of the molecule is CCNC1CCCc2c1ccc(=O)n2CCCS(C)(=O)=O. The molecule has 0 amide bonds. The van der Waals surface area contributed by atoms with E-state index < -0.39 is 9.84 Å². The van der Waals surface area contributed by atoms with Crippen LogP contribution in [0.5, 0.6) is 0 Å². The van der Waals surface area contributed by atoms with Crippen molar-refractivity contribution < 1.29 is 8.42 Å². The Labute approximate surface area is 126 Å². The lowest BCUT2D eigenvalue weighted by Crippen LogP contribution is -2.32. The molecule has 1 aliphatic rings. The zero-order valence-corrected chi connectivity index (χ0v) is 13.6. The predicted octanol–water partition coefficient (Wildman–Crippen LogP) is 1.27. The van der Waals surface area contributed by atoms with Gasteiger partial charge in [-0.25, -0.2) is 8.42 Å². The molecule has 0 aromatic carbocycles. The molecule has 1 atom stereocenters. The van der Waals surface area contributed by atoms with Crippen molar-refractivity contribution in [2.45, 2.75) is 45.2 Å². The summed E-state index contributed by atoms with van der Waals surface area (Å²) in [5, 5.41) is 3.46. The first kappa shape index (κ1) is 16.2. The Morgan fingerprint density at radius 1 is 1.38 bits per heavy atom. The third-order valence-electron chi connectivity index (χ3n) is 3.96. The van der Waals surface area contributed by atoms with Gasteiger partial charge in [0.25, 0.3) is 5.56 Å². The van der Waals surface area contributed by atoms with Crippen molar-refractivity contribution in [3.05, 3.63) is 33.7 Å². The number of sulfone groups is 1. The molecule has 0 spiro atoms. The molecule has 0 saturated heterocycles. The second-order valence-electron chi connectivity index (χ2n) is 5.71.